The van der Waals surface area contributed by atoms with Crippen molar-refractivity contribution in [3.8, 4) is 6.07 Å². The Morgan fingerprint density at radius 1 is 0.917 bits per heavy atom. The minimum absolute atomic E-state index is 0.0294. The fraction of sp³-hybridized carbons (Fsp3) is 0.788. The van der Waals surface area contributed by atoms with Crippen molar-refractivity contribution in [3.05, 3.63) is 23.3 Å². The molecule has 194 valence electrons. The molecule has 36 heavy (non-hydrogen) atoms. The van der Waals surface area contributed by atoms with Crippen LogP contribution in [0.4, 0.5) is 0 Å². The van der Waals surface area contributed by atoms with Gasteiger partial charge in [-0.25, -0.2) is 0 Å². The first-order valence-corrected chi connectivity index (χ1v) is 14.5. The molecule has 8 atom stereocenters. The largest absolute Gasteiger partial charge is 0.295 e. The second kappa shape index (κ2) is 6.65. The van der Waals surface area contributed by atoms with Crippen molar-refractivity contribution in [2.24, 2.45) is 55.7 Å². The van der Waals surface area contributed by atoms with Crippen LogP contribution in [0.2, 0.25) is 0 Å². The summed E-state index contributed by atoms with van der Waals surface area (Å²) in [6.45, 7) is 18.9. The van der Waals surface area contributed by atoms with Gasteiger partial charge >= 0.3 is 0 Å². The number of hydrogen-bond acceptors (Lipinski definition) is 3. The van der Waals surface area contributed by atoms with Gasteiger partial charge in [0.05, 0.1) is 5.57 Å². The lowest BCUT2D eigenvalue weighted by atomic mass is 9.34. The maximum absolute atomic E-state index is 14.5. The van der Waals surface area contributed by atoms with Crippen molar-refractivity contribution in [2.45, 2.75) is 107 Å². The number of nitrogens with zero attached hydrogens (tertiary/aromatic N) is 1. The van der Waals surface area contributed by atoms with E-state index in [-0.39, 0.29) is 38.8 Å². The van der Waals surface area contributed by atoms with Crippen molar-refractivity contribution in [3.63, 3.8) is 0 Å². The number of ketones is 2. The zero-order chi connectivity index (χ0) is 26.3. The number of rotatable bonds is 1. The summed E-state index contributed by atoms with van der Waals surface area (Å²) in [4.78, 5) is 27.7. The van der Waals surface area contributed by atoms with Gasteiger partial charge < -0.3 is 0 Å². The molecule has 3 nitrogen and oxygen atoms in total. The maximum atomic E-state index is 14.5. The van der Waals surface area contributed by atoms with E-state index in [4.69, 9.17) is 0 Å². The van der Waals surface area contributed by atoms with E-state index in [1.807, 2.05) is 6.08 Å². The molecule has 6 aliphatic carbocycles. The van der Waals surface area contributed by atoms with Crippen LogP contribution >= 0.6 is 0 Å². The van der Waals surface area contributed by atoms with E-state index in [1.165, 1.54) is 24.8 Å². The van der Waals surface area contributed by atoms with Gasteiger partial charge in [-0.3, -0.25) is 9.59 Å². The van der Waals surface area contributed by atoms with E-state index >= 15 is 0 Å². The molecular formula is C33H45NO2. The first kappa shape index (κ1) is 24.6. The van der Waals surface area contributed by atoms with Crippen LogP contribution in [0, 0.1) is 67.0 Å². The molecule has 4 saturated carbocycles. The summed E-state index contributed by atoms with van der Waals surface area (Å²) < 4.78 is 0. The molecule has 1 spiro atoms. The summed E-state index contributed by atoms with van der Waals surface area (Å²) in [7, 11) is 0. The van der Waals surface area contributed by atoms with Crippen LogP contribution in [-0.2, 0) is 9.59 Å². The number of Topliss-reactive ketones (excluding diaryl/α,β-unsaturated/α-hetero) is 1. The van der Waals surface area contributed by atoms with Gasteiger partial charge in [-0.1, -0.05) is 61.5 Å². The van der Waals surface area contributed by atoms with Crippen molar-refractivity contribution in [2.75, 3.05) is 0 Å². The molecule has 0 aliphatic heterocycles. The number of carbonyl (C=O) groups excluding carboxylic acids is 2. The number of carbonyl (C=O) groups is 2. The molecule has 0 radical (unpaired) electrons. The molecule has 4 fully saturated rings. The van der Waals surface area contributed by atoms with E-state index in [1.54, 1.807) is 0 Å². The first-order valence-electron chi connectivity index (χ1n) is 14.5. The summed E-state index contributed by atoms with van der Waals surface area (Å²) >= 11 is 0. The number of allylic oxidation sites excluding steroid dienone is 4. The summed E-state index contributed by atoms with van der Waals surface area (Å²) in [5.74, 6) is 1.44. The number of fused-ring (bicyclic) bond motifs is 6. The van der Waals surface area contributed by atoms with Crippen molar-refractivity contribution in [1.82, 2.24) is 0 Å². The van der Waals surface area contributed by atoms with Crippen LogP contribution in [0.25, 0.3) is 0 Å². The Hall–Kier alpha value is -1.69. The average molecular weight is 488 g/mol. The Bertz CT molecular complexity index is 1200. The number of nitriles is 1. The van der Waals surface area contributed by atoms with Crippen LogP contribution in [0.15, 0.2) is 23.3 Å². The summed E-state index contributed by atoms with van der Waals surface area (Å²) in [5.41, 5.74) is 0.883. The molecule has 6 aliphatic rings. The number of hydrogen-bond donors (Lipinski definition) is 0. The van der Waals surface area contributed by atoms with Gasteiger partial charge in [0, 0.05) is 16.7 Å². The third kappa shape index (κ3) is 2.42. The lowest BCUT2D eigenvalue weighted by Crippen LogP contribution is -2.65. The Morgan fingerprint density at radius 2 is 1.58 bits per heavy atom. The highest BCUT2D eigenvalue weighted by atomic mass is 16.1. The molecule has 0 N–H and O–H groups in total. The van der Waals surface area contributed by atoms with E-state index in [0.29, 0.717) is 23.2 Å². The van der Waals surface area contributed by atoms with Gasteiger partial charge in [0.25, 0.3) is 0 Å². The molecule has 3 heteroatoms. The third-order valence-electron chi connectivity index (χ3n) is 14.1. The lowest BCUT2D eigenvalue weighted by Gasteiger charge is -2.69. The van der Waals surface area contributed by atoms with E-state index in [2.05, 4.69) is 67.5 Å². The van der Waals surface area contributed by atoms with Crippen LogP contribution in [0.5, 0.6) is 0 Å². The standard InChI is InChI=1S/C33H45NO2/c1-20(2)32-12-9-27(3,4)17-22(32)25-23(35)15-24-28(5,29(25,6)10-13-32)11-14-33-19-31(33,8)26(36)21(18-34)16-30(24,33)7/h15-16,20,22,25H,9-14,17,19H2,1-8H3/t22?,25?,28-,29-,30-,31-,32?,33+/m1/s1. The monoisotopic (exact) mass is 487 g/mol. The van der Waals surface area contributed by atoms with E-state index in [9.17, 15) is 14.9 Å². The molecular weight excluding hydrogens is 442 g/mol. The highest BCUT2D eigenvalue weighted by Crippen LogP contribution is 2.85. The second-order valence-corrected chi connectivity index (χ2v) is 15.8. The van der Waals surface area contributed by atoms with Gasteiger partial charge in [-0.15, -0.1) is 0 Å². The average Bonchev–Trinajstić information content (AvgIpc) is 3.44. The normalized spacial score (nSPS) is 52.6. The van der Waals surface area contributed by atoms with Crippen LogP contribution in [-0.4, -0.2) is 11.6 Å². The molecule has 0 aromatic carbocycles. The second-order valence-electron chi connectivity index (χ2n) is 15.8. The van der Waals surface area contributed by atoms with Gasteiger partial charge in [0.2, 0.25) is 0 Å². The fourth-order valence-electron chi connectivity index (χ4n) is 11.4. The van der Waals surface area contributed by atoms with Gasteiger partial charge in [0.1, 0.15) is 6.07 Å². The minimum atomic E-state index is -0.461. The molecule has 3 unspecified atom stereocenters. The van der Waals surface area contributed by atoms with Crippen molar-refractivity contribution < 1.29 is 9.59 Å². The fourth-order valence-corrected chi connectivity index (χ4v) is 11.4. The Kier molecular flexibility index (Phi) is 4.55. The quantitative estimate of drug-likeness (QED) is 0.382. The highest BCUT2D eigenvalue weighted by molar-refractivity contribution is 6.07. The SMILES string of the molecule is CC(C)C12CCC(C)(C)CC1C1C(=O)C=C3[C@@]4(C)C=C(C#N)C(=O)[C@@]5(C)C[C@@]45CC[C@@]3(C)[C@]1(C)CC2. The van der Waals surface area contributed by atoms with Gasteiger partial charge in [-0.05, 0) is 102 Å². The maximum Gasteiger partial charge on any atom is 0.179 e. The zero-order valence-corrected chi connectivity index (χ0v) is 23.8. The third-order valence-corrected chi connectivity index (χ3v) is 14.1. The van der Waals surface area contributed by atoms with E-state index < -0.39 is 10.8 Å². The predicted octanol–water partition coefficient (Wildman–Crippen LogP) is 7.62. The van der Waals surface area contributed by atoms with Crippen LogP contribution < -0.4 is 0 Å². The molecule has 0 amide bonds. The smallest absolute Gasteiger partial charge is 0.179 e. The zero-order valence-electron chi connectivity index (χ0n) is 23.8. The molecule has 0 saturated heterocycles. The summed E-state index contributed by atoms with van der Waals surface area (Å²) in [6.07, 6.45) is 12.9. The molecule has 0 heterocycles. The summed E-state index contributed by atoms with van der Waals surface area (Å²) in [6, 6.07) is 2.24. The Labute approximate surface area is 218 Å². The van der Waals surface area contributed by atoms with Gasteiger partial charge in [0.15, 0.2) is 11.6 Å². The minimum Gasteiger partial charge on any atom is -0.295 e. The molecule has 0 bridgehead atoms. The van der Waals surface area contributed by atoms with Crippen molar-refractivity contribution in [1.29, 1.82) is 5.26 Å². The van der Waals surface area contributed by atoms with E-state index in [0.717, 1.165) is 32.1 Å². The highest BCUT2D eigenvalue weighted by Gasteiger charge is 2.81. The Morgan fingerprint density at radius 3 is 2.22 bits per heavy atom. The summed E-state index contributed by atoms with van der Waals surface area (Å²) in [5, 5.41) is 9.90. The predicted molar refractivity (Wildman–Crippen MR) is 142 cm³/mol. The first-order chi connectivity index (χ1) is 16.6. The molecule has 0 aromatic heterocycles. The lowest BCUT2D eigenvalue weighted by molar-refractivity contribution is -0.178. The van der Waals surface area contributed by atoms with Gasteiger partial charge in [-0.2, -0.15) is 5.26 Å². The molecule has 0 aromatic rings. The van der Waals surface area contributed by atoms with Crippen LogP contribution in [0.3, 0.4) is 0 Å². The molecule has 6 rings (SSSR count). The topological polar surface area (TPSA) is 57.9 Å². The van der Waals surface area contributed by atoms with Crippen LogP contribution in [0.1, 0.15) is 107 Å². The Balaban J connectivity index is 1.54. The van der Waals surface area contributed by atoms with Crippen molar-refractivity contribution >= 4 is 11.6 Å².